The van der Waals surface area contributed by atoms with E-state index in [0.717, 1.165) is 15.9 Å². The van der Waals surface area contributed by atoms with Gasteiger partial charge < -0.3 is 4.74 Å². The zero-order valence-electron chi connectivity index (χ0n) is 9.89. The summed E-state index contributed by atoms with van der Waals surface area (Å²) in [5, 5.41) is 0. The molecule has 0 atom stereocenters. The van der Waals surface area contributed by atoms with E-state index in [-0.39, 0.29) is 5.78 Å². The van der Waals surface area contributed by atoms with Crippen LogP contribution in [0.2, 0.25) is 0 Å². The topological polar surface area (TPSA) is 39.2 Å². The summed E-state index contributed by atoms with van der Waals surface area (Å²) in [6, 6.07) is 10.9. The molecule has 0 aliphatic carbocycles. The lowest BCUT2D eigenvalue weighted by atomic mass is 10.1. The third-order valence-electron chi connectivity index (χ3n) is 2.44. The summed E-state index contributed by atoms with van der Waals surface area (Å²) in [5.74, 6) is 0.779. The van der Waals surface area contributed by atoms with Gasteiger partial charge in [0.25, 0.3) is 0 Å². The van der Waals surface area contributed by atoms with E-state index >= 15 is 0 Å². The van der Waals surface area contributed by atoms with Crippen LogP contribution in [0.15, 0.2) is 47.1 Å². The molecule has 92 valence electrons. The number of benzene rings is 1. The number of nitrogens with zero attached hydrogens (tertiary/aromatic N) is 1. The Bertz CT molecular complexity index is 535. The van der Waals surface area contributed by atoms with Crippen molar-refractivity contribution in [1.29, 1.82) is 0 Å². The summed E-state index contributed by atoms with van der Waals surface area (Å²) in [6.07, 6.45) is 1.73. The van der Waals surface area contributed by atoms with Crippen molar-refractivity contribution < 1.29 is 9.53 Å². The molecule has 0 amide bonds. The zero-order valence-corrected chi connectivity index (χ0v) is 11.5. The van der Waals surface area contributed by atoms with Crippen molar-refractivity contribution >= 4 is 21.7 Å². The minimum absolute atomic E-state index is 0.0520. The van der Waals surface area contributed by atoms with Gasteiger partial charge in [0.2, 0.25) is 0 Å². The number of hydrogen-bond donors (Lipinski definition) is 0. The van der Waals surface area contributed by atoms with E-state index in [1.807, 2.05) is 12.1 Å². The van der Waals surface area contributed by atoms with E-state index in [1.165, 1.54) is 0 Å². The maximum Gasteiger partial charge on any atom is 0.159 e. The Balaban J connectivity index is 1.97. The Morgan fingerprint density at radius 2 is 1.94 bits per heavy atom. The van der Waals surface area contributed by atoms with Gasteiger partial charge in [0.15, 0.2) is 5.78 Å². The number of carbonyl (C=O) groups excluding carboxylic acids is 1. The molecule has 0 N–H and O–H groups in total. The highest BCUT2D eigenvalue weighted by Gasteiger charge is 2.00. The van der Waals surface area contributed by atoms with Crippen LogP contribution in [-0.4, -0.2) is 10.8 Å². The van der Waals surface area contributed by atoms with Gasteiger partial charge in [-0.3, -0.25) is 9.78 Å². The fourth-order valence-corrected chi connectivity index (χ4v) is 1.67. The normalized spacial score (nSPS) is 10.1. The predicted molar refractivity (Wildman–Crippen MR) is 72.7 cm³/mol. The van der Waals surface area contributed by atoms with Crippen molar-refractivity contribution in [3.05, 3.63) is 58.3 Å². The molecule has 3 nitrogen and oxygen atoms in total. The van der Waals surface area contributed by atoms with E-state index in [9.17, 15) is 4.79 Å². The number of pyridine rings is 1. The lowest BCUT2D eigenvalue weighted by molar-refractivity contribution is 0.101. The molecule has 4 heteroatoms. The first-order chi connectivity index (χ1) is 8.65. The van der Waals surface area contributed by atoms with E-state index in [4.69, 9.17) is 4.74 Å². The molecular weight excluding hydrogens is 294 g/mol. The van der Waals surface area contributed by atoms with Crippen LogP contribution in [0.25, 0.3) is 0 Å². The second-order valence-electron chi connectivity index (χ2n) is 3.84. The first kappa shape index (κ1) is 12.8. The quantitative estimate of drug-likeness (QED) is 0.810. The monoisotopic (exact) mass is 305 g/mol. The number of halogens is 1. The van der Waals surface area contributed by atoms with Gasteiger partial charge >= 0.3 is 0 Å². The lowest BCUT2D eigenvalue weighted by Gasteiger charge is -2.06. The van der Waals surface area contributed by atoms with Gasteiger partial charge in [-0.05, 0) is 59.3 Å². The minimum atomic E-state index is 0.0520. The van der Waals surface area contributed by atoms with Crippen molar-refractivity contribution in [3.8, 4) is 5.75 Å². The smallest absolute Gasteiger partial charge is 0.159 e. The predicted octanol–water partition coefficient (Wildman–Crippen LogP) is 3.63. The Morgan fingerprint density at radius 3 is 2.50 bits per heavy atom. The largest absolute Gasteiger partial charge is 0.487 e. The number of carbonyl (C=O) groups is 1. The minimum Gasteiger partial charge on any atom is -0.487 e. The molecule has 0 spiro atoms. The third-order valence-corrected chi connectivity index (χ3v) is 2.91. The molecule has 0 bridgehead atoms. The Morgan fingerprint density at radius 1 is 1.22 bits per heavy atom. The molecule has 0 saturated heterocycles. The molecule has 0 fully saturated rings. The van der Waals surface area contributed by atoms with Crippen LogP contribution in [0.4, 0.5) is 0 Å². The van der Waals surface area contributed by atoms with E-state index in [2.05, 4.69) is 20.9 Å². The first-order valence-corrected chi connectivity index (χ1v) is 6.28. The summed E-state index contributed by atoms with van der Waals surface area (Å²) in [6.45, 7) is 1.95. The zero-order chi connectivity index (χ0) is 13.0. The number of ether oxygens (including phenoxy) is 1. The fraction of sp³-hybridized carbons (Fsp3) is 0.143. The molecule has 2 aromatic rings. The van der Waals surface area contributed by atoms with Crippen LogP contribution in [0.3, 0.4) is 0 Å². The molecule has 2 rings (SSSR count). The number of hydrogen-bond acceptors (Lipinski definition) is 3. The van der Waals surface area contributed by atoms with Crippen molar-refractivity contribution in [2.24, 2.45) is 0 Å². The van der Waals surface area contributed by atoms with Crippen LogP contribution in [0, 0.1) is 0 Å². The number of Topliss-reactive ketones (excluding diaryl/α,β-unsaturated/α-hetero) is 1. The molecular formula is C14H12BrNO2. The van der Waals surface area contributed by atoms with Crippen LogP contribution >= 0.6 is 15.9 Å². The lowest BCUT2D eigenvalue weighted by Crippen LogP contribution is -1.98. The van der Waals surface area contributed by atoms with Gasteiger partial charge in [0.05, 0.1) is 5.69 Å². The van der Waals surface area contributed by atoms with Gasteiger partial charge in [0.1, 0.15) is 12.4 Å². The average molecular weight is 306 g/mol. The van der Waals surface area contributed by atoms with Crippen LogP contribution in [0.1, 0.15) is 23.0 Å². The highest BCUT2D eigenvalue weighted by molar-refractivity contribution is 9.10. The molecule has 18 heavy (non-hydrogen) atoms. The molecule has 1 aromatic heterocycles. The van der Waals surface area contributed by atoms with Gasteiger partial charge in [-0.15, -0.1) is 0 Å². The van der Waals surface area contributed by atoms with Crippen LogP contribution in [-0.2, 0) is 6.61 Å². The summed E-state index contributed by atoms with van der Waals surface area (Å²) < 4.78 is 6.52. The van der Waals surface area contributed by atoms with E-state index < -0.39 is 0 Å². The molecule has 0 radical (unpaired) electrons. The van der Waals surface area contributed by atoms with Gasteiger partial charge in [-0.2, -0.15) is 0 Å². The van der Waals surface area contributed by atoms with Gasteiger partial charge in [-0.25, -0.2) is 0 Å². The Kier molecular flexibility index (Phi) is 4.10. The number of ketones is 1. The number of rotatable bonds is 4. The van der Waals surface area contributed by atoms with Crippen molar-refractivity contribution in [2.75, 3.05) is 0 Å². The first-order valence-electron chi connectivity index (χ1n) is 5.49. The fourth-order valence-electron chi connectivity index (χ4n) is 1.43. The summed E-state index contributed by atoms with van der Waals surface area (Å²) in [4.78, 5) is 15.3. The van der Waals surface area contributed by atoms with Gasteiger partial charge in [0, 0.05) is 16.2 Å². The SMILES string of the molecule is CC(=O)c1ccc(OCc2ccc(Br)cn2)cc1. The molecule has 0 saturated carbocycles. The highest BCUT2D eigenvalue weighted by atomic mass is 79.9. The second-order valence-corrected chi connectivity index (χ2v) is 4.75. The summed E-state index contributed by atoms with van der Waals surface area (Å²) >= 11 is 3.33. The van der Waals surface area contributed by atoms with Crippen LogP contribution < -0.4 is 4.74 Å². The number of aromatic nitrogens is 1. The van der Waals surface area contributed by atoms with Crippen molar-refractivity contribution in [2.45, 2.75) is 13.5 Å². The standard InChI is InChI=1S/C14H12BrNO2/c1-10(17)11-2-6-14(7-3-11)18-9-13-5-4-12(15)8-16-13/h2-8H,9H2,1H3. The molecule has 1 aromatic carbocycles. The molecule has 0 aliphatic heterocycles. The van der Waals surface area contributed by atoms with Crippen LogP contribution in [0.5, 0.6) is 5.75 Å². The molecule has 0 aliphatic rings. The molecule has 1 heterocycles. The molecule has 0 unspecified atom stereocenters. The van der Waals surface area contributed by atoms with Crippen molar-refractivity contribution in [1.82, 2.24) is 4.98 Å². The maximum atomic E-state index is 11.1. The maximum absolute atomic E-state index is 11.1. The van der Waals surface area contributed by atoms with E-state index in [1.54, 1.807) is 37.4 Å². The Labute approximate surface area is 114 Å². The van der Waals surface area contributed by atoms with E-state index in [0.29, 0.717) is 12.2 Å². The van der Waals surface area contributed by atoms with Crippen molar-refractivity contribution in [3.63, 3.8) is 0 Å². The second kappa shape index (κ2) is 5.78. The summed E-state index contributed by atoms with van der Waals surface area (Å²) in [5.41, 5.74) is 1.54. The Hall–Kier alpha value is -1.68. The van der Waals surface area contributed by atoms with Gasteiger partial charge in [-0.1, -0.05) is 0 Å². The highest BCUT2D eigenvalue weighted by Crippen LogP contribution is 2.14. The average Bonchev–Trinajstić information content (AvgIpc) is 2.38. The third kappa shape index (κ3) is 3.40. The summed E-state index contributed by atoms with van der Waals surface area (Å²) in [7, 11) is 0.